The molecule has 0 bridgehead atoms. The predicted molar refractivity (Wildman–Crippen MR) is 86.8 cm³/mol. The summed E-state index contributed by atoms with van der Waals surface area (Å²) in [6, 6.07) is 5.06. The Morgan fingerprint density at radius 2 is 2.14 bits per heavy atom. The number of halogens is 2. The van der Waals surface area contributed by atoms with E-state index >= 15 is 0 Å². The fourth-order valence-corrected chi connectivity index (χ4v) is 2.95. The van der Waals surface area contributed by atoms with Gasteiger partial charge in [0.05, 0.1) is 11.2 Å². The molecule has 2 N–H and O–H groups in total. The summed E-state index contributed by atoms with van der Waals surface area (Å²) in [6.45, 7) is 0. The van der Waals surface area contributed by atoms with E-state index in [9.17, 15) is 4.79 Å². The molecule has 1 amide bonds. The normalized spacial score (nSPS) is 14.1. The van der Waals surface area contributed by atoms with Crippen LogP contribution in [0.5, 0.6) is 0 Å². The number of rotatable bonds is 3. The molecular weight excluding hydrogens is 323 g/mol. The molecular formula is C15H14Cl2N4O. The highest BCUT2D eigenvalue weighted by atomic mass is 35.5. The molecule has 0 unspecified atom stereocenters. The zero-order chi connectivity index (χ0) is 15.5. The van der Waals surface area contributed by atoms with Crippen LogP contribution >= 0.6 is 23.2 Å². The Labute approximate surface area is 137 Å². The van der Waals surface area contributed by atoms with Crippen molar-refractivity contribution >= 4 is 35.3 Å². The van der Waals surface area contributed by atoms with Gasteiger partial charge in [-0.15, -0.1) is 0 Å². The van der Waals surface area contributed by atoms with Crippen LogP contribution in [0.2, 0.25) is 10.0 Å². The summed E-state index contributed by atoms with van der Waals surface area (Å²) in [4.78, 5) is 12.1. The topological polar surface area (TPSA) is 70.1 Å². The highest BCUT2D eigenvalue weighted by Gasteiger charge is 2.21. The Hall–Kier alpha value is -1.85. The summed E-state index contributed by atoms with van der Waals surface area (Å²) < 4.78 is 0. The van der Waals surface area contributed by atoms with Crippen molar-refractivity contribution in [2.45, 2.75) is 25.7 Å². The van der Waals surface area contributed by atoms with Gasteiger partial charge in [0.1, 0.15) is 0 Å². The molecule has 0 saturated carbocycles. The molecule has 0 aliphatic heterocycles. The molecule has 3 rings (SSSR count). The molecule has 0 fully saturated rings. The predicted octanol–water partition coefficient (Wildman–Crippen LogP) is 3.36. The number of H-pyrrole nitrogens is 1. The van der Waals surface area contributed by atoms with Gasteiger partial charge in [-0.25, -0.2) is 5.43 Å². The summed E-state index contributed by atoms with van der Waals surface area (Å²) in [5.74, 6) is -0.319. The molecule has 7 heteroatoms. The number of aromatic amines is 1. The number of benzene rings is 1. The molecule has 1 heterocycles. The van der Waals surface area contributed by atoms with Crippen LogP contribution in [-0.2, 0) is 12.8 Å². The van der Waals surface area contributed by atoms with Crippen LogP contribution in [0, 0.1) is 0 Å². The smallest absolute Gasteiger partial charge is 0.281 e. The monoisotopic (exact) mass is 336 g/mol. The first-order valence-corrected chi connectivity index (χ1v) is 7.75. The average Bonchev–Trinajstić information content (AvgIpc) is 2.93. The van der Waals surface area contributed by atoms with E-state index in [0.717, 1.165) is 36.9 Å². The number of hydrazone groups is 1. The van der Waals surface area contributed by atoms with E-state index in [1.54, 1.807) is 18.2 Å². The standard InChI is InChI=1S/C15H14Cl2N4O/c16-10-6-5-9(12(17)7-10)8-18-21-15(22)14-11-3-1-2-4-13(11)19-20-14/h5-8H,1-4H2,(H,19,20)(H,21,22)/b18-8+. The summed E-state index contributed by atoms with van der Waals surface area (Å²) in [5.41, 5.74) is 5.64. The lowest BCUT2D eigenvalue weighted by atomic mass is 9.96. The SMILES string of the molecule is O=C(N/N=C/c1ccc(Cl)cc1Cl)c1n[nH]c2c1CCCC2. The van der Waals surface area contributed by atoms with Gasteiger partial charge in [-0.2, -0.15) is 10.2 Å². The van der Waals surface area contributed by atoms with Gasteiger partial charge in [0, 0.05) is 21.8 Å². The number of amides is 1. The summed E-state index contributed by atoms with van der Waals surface area (Å²) >= 11 is 11.9. The molecule has 0 atom stereocenters. The average molecular weight is 337 g/mol. The van der Waals surface area contributed by atoms with E-state index in [1.807, 2.05) is 0 Å². The summed E-state index contributed by atoms with van der Waals surface area (Å²) in [7, 11) is 0. The van der Waals surface area contributed by atoms with E-state index in [-0.39, 0.29) is 5.91 Å². The lowest BCUT2D eigenvalue weighted by molar-refractivity contribution is 0.0949. The van der Waals surface area contributed by atoms with Gasteiger partial charge in [0.2, 0.25) is 0 Å². The third-order valence-electron chi connectivity index (χ3n) is 3.60. The maximum atomic E-state index is 12.1. The second kappa shape index (κ2) is 6.50. The van der Waals surface area contributed by atoms with Crippen molar-refractivity contribution in [3.8, 4) is 0 Å². The summed E-state index contributed by atoms with van der Waals surface area (Å²) in [6.07, 6.45) is 5.51. The van der Waals surface area contributed by atoms with Crippen molar-refractivity contribution in [2.24, 2.45) is 5.10 Å². The van der Waals surface area contributed by atoms with E-state index in [4.69, 9.17) is 23.2 Å². The number of nitrogens with zero attached hydrogens (tertiary/aromatic N) is 2. The Bertz CT molecular complexity index is 739. The van der Waals surface area contributed by atoms with Gasteiger partial charge in [-0.3, -0.25) is 9.89 Å². The van der Waals surface area contributed by atoms with E-state index in [0.29, 0.717) is 21.3 Å². The first kappa shape index (κ1) is 15.1. The fraction of sp³-hybridized carbons (Fsp3) is 0.267. The molecule has 2 aromatic rings. The molecule has 0 saturated heterocycles. The van der Waals surface area contributed by atoms with Gasteiger partial charge >= 0.3 is 0 Å². The number of aromatic nitrogens is 2. The van der Waals surface area contributed by atoms with Crippen molar-refractivity contribution < 1.29 is 4.79 Å². The Kier molecular flexibility index (Phi) is 4.45. The Morgan fingerprint density at radius 3 is 2.95 bits per heavy atom. The zero-order valence-electron chi connectivity index (χ0n) is 11.7. The minimum atomic E-state index is -0.319. The molecule has 22 heavy (non-hydrogen) atoms. The van der Waals surface area contributed by atoms with E-state index in [1.165, 1.54) is 6.21 Å². The highest BCUT2D eigenvalue weighted by molar-refractivity contribution is 6.36. The number of carbonyl (C=O) groups is 1. The lowest BCUT2D eigenvalue weighted by Gasteiger charge is -2.10. The summed E-state index contributed by atoms with van der Waals surface area (Å²) in [5, 5.41) is 12.0. The number of hydrogen-bond acceptors (Lipinski definition) is 3. The van der Waals surface area contributed by atoms with E-state index in [2.05, 4.69) is 20.7 Å². The fourth-order valence-electron chi connectivity index (χ4n) is 2.49. The molecule has 0 radical (unpaired) electrons. The third kappa shape index (κ3) is 3.15. The number of fused-ring (bicyclic) bond motifs is 1. The molecule has 114 valence electrons. The Balaban J connectivity index is 1.70. The molecule has 1 aliphatic rings. The van der Waals surface area contributed by atoms with Crippen molar-refractivity contribution in [3.63, 3.8) is 0 Å². The minimum absolute atomic E-state index is 0.319. The van der Waals surface area contributed by atoms with Gasteiger partial charge in [-0.1, -0.05) is 29.3 Å². The van der Waals surface area contributed by atoms with Crippen LogP contribution in [-0.4, -0.2) is 22.3 Å². The van der Waals surface area contributed by atoms with Crippen LogP contribution in [0.4, 0.5) is 0 Å². The van der Waals surface area contributed by atoms with Gasteiger partial charge in [-0.05, 0) is 37.8 Å². The van der Waals surface area contributed by atoms with Crippen LogP contribution in [0.1, 0.15) is 40.2 Å². The van der Waals surface area contributed by atoms with Crippen LogP contribution in [0.3, 0.4) is 0 Å². The van der Waals surface area contributed by atoms with Crippen molar-refractivity contribution in [1.29, 1.82) is 0 Å². The van der Waals surface area contributed by atoms with Crippen molar-refractivity contribution in [3.05, 3.63) is 50.8 Å². The second-order valence-electron chi connectivity index (χ2n) is 5.10. The number of aryl methyl sites for hydroxylation is 1. The molecule has 1 aromatic heterocycles. The maximum Gasteiger partial charge on any atom is 0.292 e. The highest BCUT2D eigenvalue weighted by Crippen LogP contribution is 2.22. The number of hydrogen-bond donors (Lipinski definition) is 2. The largest absolute Gasteiger partial charge is 0.292 e. The lowest BCUT2D eigenvalue weighted by Crippen LogP contribution is -2.20. The van der Waals surface area contributed by atoms with Gasteiger partial charge in [0.25, 0.3) is 5.91 Å². The van der Waals surface area contributed by atoms with Crippen LogP contribution in [0.25, 0.3) is 0 Å². The van der Waals surface area contributed by atoms with Crippen molar-refractivity contribution in [1.82, 2.24) is 15.6 Å². The molecule has 0 spiro atoms. The Morgan fingerprint density at radius 1 is 1.32 bits per heavy atom. The molecule has 1 aromatic carbocycles. The second-order valence-corrected chi connectivity index (χ2v) is 5.95. The third-order valence-corrected chi connectivity index (χ3v) is 4.17. The number of nitrogens with one attached hydrogen (secondary N) is 2. The first-order chi connectivity index (χ1) is 10.6. The van der Waals surface area contributed by atoms with Crippen LogP contribution < -0.4 is 5.43 Å². The van der Waals surface area contributed by atoms with Crippen molar-refractivity contribution in [2.75, 3.05) is 0 Å². The zero-order valence-corrected chi connectivity index (χ0v) is 13.2. The quantitative estimate of drug-likeness (QED) is 0.666. The first-order valence-electron chi connectivity index (χ1n) is 6.99. The molecule has 1 aliphatic carbocycles. The van der Waals surface area contributed by atoms with E-state index < -0.39 is 0 Å². The number of carbonyl (C=O) groups excluding carboxylic acids is 1. The maximum absolute atomic E-state index is 12.1. The minimum Gasteiger partial charge on any atom is -0.281 e. The van der Waals surface area contributed by atoms with Crippen LogP contribution in [0.15, 0.2) is 23.3 Å². The van der Waals surface area contributed by atoms with Gasteiger partial charge < -0.3 is 0 Å². The molecule has 5 nitrogen and oxygen atoms in total. The van der Waals surface area contributed by atoms with Gasteiger partial charge in [0.15, 0.2) is 5.69 Å².